The Morgan fingerprint density at radius 3 is 3.17 bits per heavy atom. The molecule has 1 aromatic carbocycles. The Labute approximate surface area is 135 Å². The molecule has 1 aliphatic heterocycles. The third-order valence-corrected chi connectivity index (χ3v) is 4.11. The minimum atomic E-state index is -0.338. The number of aromatic amines is 1. The largest absolute Gasteiger partial charge is 0.361 e. The molecule has 1 fully saturated rings. The van der Waals surface area contributed by atoms with E-state index in [2.05, 4.69) is 34.8 Å². The molecule has 0 aliphatic carbocycles. The van der Waals surface area contributed by atoms with Crippen LogP contribution in [-0.2, 0) is 16.0 Å². The first kappa shape index (κ1) is 15.8. The molecule has 3 rings (SSSR count). The van der Waals surface area contributed by atoms with Crippen molar-refractivity contribution in [3.8, 4) is 0 Å². The summed E-state index contributed by atoms with van der Waals surface area (Å²) in [6.07, 6.45) is 5.37. The minimum absolute atomic E-state index is 0.328. The summed E-state index contributed by atoms with van der Waals surface area (Å²) in [5.74, 6) is 0. The molecule has 23 heavy (non-hydrogen) atoms. The molecule has 1 saturated heterocycles. The van der Waals surface area contributed by atoms with Crippen molar-refractivity contribution in [2.45, 2.75) is 38.9 Å². The summed E-state index contributed by atoms with van der Waals surface area (Å²) in [5, 5.41) is 4.00. The summed E-state index contributed by atoms with van der Waals surface area (Å²) in [7, 11) is 0. The van der Waals surface area contributed by atoms with Crippen molar-refractivity contribution < 1.29 is 14.4 Å². The average molecular weight is 317 g/mol. The first-order valence-electron chi connectivity index (χ1n) is 8.11. The van der Waals surface area contributed by atoms with Crippen molar-refractivity contribution in [2.24, 2.45) is 0 Å². The summed E-state index contributed by atoms with van der Waals surface area (Å²) in [5.41, 5.74) is 5.97. The van der Waals surface area contributed by atoms with Crippen LogP contribution in [0.5, 0.6) is 0 Å². The first-order chi connectivity index (χ1) is 11.2. The third kappa shape index (κ3) is 4.03. The lowest BCUT2D eigenvalue weighted by Gasteiger charge is -2.22. The van der Waals surface area contributed by atoms with Crippen LogP contribution in [0.3, 0.4) is 0 Å². The Morgan fingerprint density at radius 1 is 1.43 bits per heavy atom. The molecule has 2 heterocycles. The second-order valence-corrected chi connectivity index (χ2v) is 5.83. The summed E-state index contributed by atoms with van der Waals surface area (Å²) in [6, 6.07) is 5.89. The smallest absolute Gasteiger partial charge is 0.338 e. The van der Waals surface area contributed by atoms with Gasteiger partial charge in [-0.3, -0.25) is 0 Å². The maximum Gasteiger partial charge on any atom is 0.338 e. The average Bonchev–Trinajstić information content (AvgIpc) is 2.99. The number of urea groups is 1. The summed E-state index contributed by atoms with van der Waals surface area (Å²) < 4.78 is 5.38. The summed E-state index contributed by atoms with van der Waals surface area (Å²) >= 11 is 0. The van der Waals surface area contributed by atoms with Crippen molar-refractivity contribution in [2.75, 3.05) is 13.2 Å². The van der Waals surface area contributed by atoms with E-state index >= 15 is 0 Å². The number of H-pyrrole nitrogens is 1. The lowest BCUT2D eigenvalue weighted by molar-refractivity contribution is -0.186. The van der Waals surface area contributed by atoms with Gasteiger partial charge in [0.15, 0.2) is 6.29 Å². The van der Waals surface area contributed by atoms with Crippen LogP contribution in [0.1, 0.15) is 30.4 Å². The van der Waals surface area contributed by atoms with Crippen LogP contribution < -0.4 is 10.8 Å². The highest BCUT2D eigenvalue weighted by Gasteiger charge is 2.15. The number of hydrogen-bond donors (Lipinski definition) is 3. The molecule has 0 spiro atoms. The van der Waals surface area contributed by atoms with E-state index in [9.17, 15) is 4.79 Å². The number of amides is 2. The third-order valence-electron chi connectivity index (χ3n) is 4.11. The van der Waals surface area contributed by atoms with E-state index in [1.54, 1.807) is 0 Å². The van der Waals surface area contributed by atoms with Crippen molar-refractivity contribution >= 4 is 16.9 Å². The van der Waals surface area contributed by atoms with Crippen LogP contribution in [0, 0.1) is 6.92 Å². The molecule has 3 N–H and O–H groups in total. The van der Waals surface area contributed by atoms with Gasteiger partial charge in [0.1, 0.15) is 0 Å². The maximum atomic E-state index is 11.7. The van der Waals surface area contributed by atoms with E-state index in [4.69, 9.17) is 9.57 Å². The van der Waals surface area contributed by atoms with E-state index in [0.717, 1.165) is 31.2 Å². The molecule has 1 atom stereocenters. The van der Waals surface area contributed by atoms with Crippen molar-refractivity contribution in [3.05, 3.63) is 35.5 Å². The van der Waals surface area contributed by atoms with Crippen LogP contribution in [-0.4, -0.2) is 30.5 Å². The van der Waals surface area contributed by atoms with Crippen molar-refractivity contribution in [3.63, 3.8) is 0 Å². The van der Waals surface area contributed by atoms with Gasteiger partial charge in [0.25, 0.3) is 0 Å². The van der Waals surface area contributed by atoms with Gasteiger partial charge in [-0.15, -0.1) is 0 Å². The van der Waals surface area contributed by atoms with Gasteiger partial charge in [-0.2, -0.15) is 0 Å². The lowest BCUT2D eigenvalue weighted by atomic mass is 10.1. The lowest BCUT2D eigenvalue weighted by Crippen LogP contribution is -2.40. The molecule has 1 unspecified atom stereocenters. The zero-order valence-corrected chi connectivity index (χ0v) is 13.4. The van der Waals surface area contributed by atoms with Gasteiger partial charge < -0.3 is 15.0 Å². The molecular formula is C17H23N3O3. The van der Waals surface area contributed by atoms with Crippen molar-refractivity contribution in [1.82, 2.24) is 15.8 Å². The molecule has 6 nitrogen and oxygen atoms in total. The monoisotopic (exact) mass is 317 g/mol. The molecular weight excluding hydrogens is 294 g/mol. The molecule has 124 valence electrons. The fourth-order valence-corrected chi connectivity index (χ4v) is 2.84. The number of carbonyl (C=O) groups is 1. The Kier molecular flexibility index (Phi) is 5.15. The van der Waals surface area contributed by atoms with Gasteiger partial charge in [0, 0.05) is 36.7 Å². The summed E-state index contributed by atoms with van der Waals surface area (Å²) in [6.45, 7) is 3.31. The number of hydrogen-bond acceptors (Lipinski definition) is 3. The quantitative estimate of drug-likeness (QED) is 0.742. The molecule has 0 saturated carbocycles. The van der Waals surface area contributed by atoms with E-state index in [0.29, 0.717) is 13.2 Å². The number of rotatable bonds is 5. The fraction of sp³-hybridized carbons (Fsp3) is 0.471. The molecule has 2 aromatic rings. The maximum absolute atomic E-state index is 11.7. The Hall–Kier alpha value is -2.05. The van der Waals surface area contributed by atoms with E-state index in [1.165, 1.54) is 16.5 Å². The van der Waals surface area contributed by atoms with Gasteiger partial charge in [-0.05, 0) is 37.3 Å². The zero-order chi connectivity index (χ0) is 16.1. The molecule has 1 aliphatic rings. The topological polar surface area (TPSA) is 75.4 Å². The number of hydroxylamine groups is 1. The first-order valence-corrected chi connectivity index (χ1v) is 8.11. The SMILES string of the molecule is Cc1cccc2c(CCNC(=O)NOC3CCCCO3)c[nH]c12. The zero-order valence-electron chi connectivity index (χ0n) is 13.4. The normalized spacial score (nSPS) is 18.0. The van der Waals surface area contributed by atoms with E-state index < -0.39 is 0 Å². The second kappa shape index (κ2) is 7.48. The van der Waals surface area contributed by atoms with Crippen LogP contribution in [0.2, 0.25) is 0 Å². The number of aryl methyl sites for hydroxylation is 1. The number of para-hydroxylation sites is 1. The van der Waals surface area contributed by atoms with Crippen molar-refractivity contribution in [1.29, 1.82) is 0 Å². The number of nitrogens with one attached hydrogen (secondary N) is 3. The van der Waals surface area contributed by atoms with Crippen LogP contribution in [0.15, 0.2) is 24.4 Å². The second-order valence-electron chi connectivity index (χ2n) is 5.83. The summed E-state index contributed by atoms with van der Waals surface area (Å²) in [4.78, 5) is 20.2. The predicted molar refractivity (Wildman–Crippen MR) is 88.0 cm³/mol. The minimum Gasteiger partial charge on any atom is -0.361 e. The molecule has 0 radical (unpaired) electrons. The molecule has 1 aromatic heterocycles. The number of ether oxygens (including phenoxy) is 1. The number of carbonyl (C=O) groups excluding carboxylic acids is 1. The number of fused-ring (bicyclic) bond motifs is 1. The molecule has 0 bridgehead atoms. The van der Waals surface area contributed by atoms with E-state index in [1.807, 2.05) is 12.3 Å². The van der Waals surface area contributed by atoms with Gasteiger partial charge in [-0.25, -0.2) is 15.1 Å². The predicted octanol–water partition coefficient (Wildman–Crippen LogP) is 2.78. The van der Waals surface area contributed by atoms with Gasteiger partial charge in [-0.1, -0.05) is 18.2 Å². The van der Waals surface area contributed by atoms with Crippen LogP contribution in [0.4, 0.5) is 4.79 Å². The highest BCUT2D eigenvalue weighted by atomic mass is 16.8. The number of aromatic nitrogens is 1. The highest BCUT2D eigenvalue weighted by molar-refractivity contribution is 5.85. The standard InChI is InChI=1S/C17H23N3O3/c1-12-5-4-6-14-13(11-19-16(12)14)8-9-18-17(21)20-23-15-7-2-3-10-22-15/h4-6,11,15,19H,2-3,7-10H2,1H3,(H2,18,20,21). The number of benzene rings is 1. The Bertz CT molecular complexity index is 662. The molecule has 6 heteroatoms. The van der Waals surface area contributed by atoms with Gasteiger partial charge >= 0.3 is 6.03 Å². The highest BCUT2D eigenvalue weighted by Crippen LogP contribution is 2.21. The Morgan fingerprint density at radius 2 is 2.35 bits per heavy atom. The van der Waals surface area contributed by atoms with Gasteiger partial charge in [0.05, 0.1) is 0 Å². The van der Waals surface area contributed by atoms with Gasteiger partial charge in [0.2, 0.25) is 0 Å². The Balaban J connectivity index is 1.43. The molecule has 2 amide bonds. The van der Waals surface area contributed by atoms with Crippen LogP contribution >= 0.6 is 0 Å². The fourth-order valence-electron chi connectivity index (χ4n) is 2.84. The van der Waals surface area contributed by atoms with Crippen LogP contribution in [0.25, 0.3) is 10.9 Å². The van der Waals surface area contributed by atoms with E-state index in [-0.39, 0.29) is 12.3 Å².